The standard InChI is InChI=1S/C13H13BrN2O2S2/c14-8-9-4-6-10(7-5-9)20(17,18)16-13-15-11-2-1-3-12(11)19-13/h4-7H,1-3,8H2,(H,15,16). The maximum Gasteiger partial charge on any atom is 0.263 e. The molecule has 1 aromatic heterocycles. The van der Waals surface area contributed by atoms with Crippen molar-refractivity contribution in [1.82, 2.24) is 4.98 Å². The van der Waals surface area contributed by atoms with Crippen LogP contribution in [-0.2, 0) is 28.2 Å². The van der Waals surface area contributed by atoms with Gasteiger partial charge in [-0.1, -0.05) is 28.1 Å². The summed E-state index contributed by atoms with van der Waals surface area (Å²) in [6.45, 7) is 0. The fourth-order valence-electron chi connectivity index (χ4n) is 2.17. The first kappa shape index (κ1) is 14.0. The first-order valence-corrected chi connectivity index (χ1v) is 9.67. The highest BCUT2D eigenvalue weighted by Crippen LogP contribution is 2.31. The number of benzene rings is 1. The second kappa shape index (κ2) is 5.46. The third-order valence-corrected chi connectivity index (χ3v) is 6.41. The van der Waals surface area contributed by atoms with Crippen LogP contribution in [0, 0.1) is 0 Å². The van der Waals surface area contributed by atoms with E-state index in [1.165, 1.54) is 16.2 Å². The molecule has 7 heteroatoms. The Morgan fingerprint density at radius 1 is 1.25 bits per heavy atom. The number of alkyl halides is 1. The predicted molar refractivity (Wildman–Crippen MR) is 84.0 cm³/mol. The number of aryl methyl sites for hydroxylation is 2. The van der Waals surface area contributed by atoms with Crippen molar-refractivity contribution < 1.29 is 8.42 Å². The van der Waals surface area contributed by atoms with Gasteiger partial charge in [0.2, 0.25) is 0 Å². The van der Waals surface area contributed by atoms with Crippen LogP contribution < -0.4 is 4.72 Å². The number of nitrogens with zero attached hydrogens (tertiary/aromatic N) is 1. The summed E-state index contributed by atoms with van der Waals surface area (Å²) in [5.41, 5.74) is 2.08. The van der Waals surface area contributed by atoms with Crippen LogP contribution in [0.1, 0.15) is 22.6 Å². The lowest BCUT2D eigenvalue weighted by molar-refractivity contribution is 0.601. The van der Waals surface area contributed by atoms with Crippen molar-refractivity contribution in [3.05, 3.63) is 40.4 Å². The molecule has 0 saturated heterocycles. The number of hydrogen-bond donors (Lipinski definition) is 1. The average Bonchev–Trinajstić information content (AvgIpc) is 2.99. The summed E-state index contributed by atoms with van der Waals surface area (Å²) < 4.78 is 27.1. The Morgan fingerprint density at radius 3 is 2.65 bits per heavy atom. The van der Waals surface area contributed by atoms with Crippen molar-refractivity contribution in [3.63, 3.8) is 0 Å². The molecule has 1 aliphatic rings. The first-order valence-electron chi connectivity index (χ1n) is 6.25. The van der Waals surface area contributed by atoms with Gasteiger partial charge in [0.15, 0.2) is 5.13 Å². The Labute approximate surface area is 130 Å². The minimum absolute atomic E-state index is 0.262. The molecule has 0 fully saturated rings. The molecule has 106 valence electrons. The summed E-state index contributed by atoms with van der Waals surface area (Å²) in [5, 5.41) is 1.18. The van der Waals surface area contributed by atoms with Crippen LogP contribution in [-0.4, -0.2) is 13.4 Å². The van der Waals surface area contributed by atoms with Gasteiger partial charge in [-0.2, -0.15) is 0 Å². The van der Waals surface area contributed by atoms with Gasteiger partial charge in [-0.15, -0.1) is 11.3 Å². The lowest BCUT2D eigenvalue weighted by Crippen LogP contribution is -2.12. The molecule has 0 radical (unpaired) electrons. The minimum atomic E-state index is -3.54. The smallest absolute Gasteiger partial charge is 0.255 e. The lowest BCUT2D eigenvalue weighted by Gasteiger charge is -2.05. The Balaban J connectivity index is 1.83. The SMILES string of the molecule is O=S(=O)(Nc1nc2c(s1)CCC2)c1ccc(CBr)cc1. The second-order valence-electron chi connectivity index (χ2n) is 4.63. The van der Waals surface area contributed by atoms with Gasteiger partial charge in [-0.05, 0) is 37.0 Å². The van der Waals surface area contributed by atoms with Crippen LogP contribution in [0.4, 0.5) is 5.13 Å². The summed E-state index contributed by atoms with van der Waals surface area (Å²) in [6.07, 6.45) is 3.08. The van der Waals surface area contributed by atoms with Crippen molar-refractivity contribution in [1.29, 1.82) is 0 Å². The lowest BCUT2D eigenvalue weighted by atomic mass is 10.2. The number of thiazole rings is 1. The summed E-state index contributed by atoms with van der Waals surface area (Å²) in [7, 11) is -3.54. The Kier molecular flexibility index (Phi) is 3.83. The van der Waals surface area contributed by atoms with Gasteiger partial charge in [0.25, 0.3) is 10.0 Å². The number of hydrogen-bond acceptors (Lipinski definition) is 4. The third kappa shape index (κ3) is 2.75. The summed E-state index contributed by atoms with van der Waals surface area (Å²) >= 11 is 4.78. The van der Waals surface area contributed by atoms with E-state index in [0.29, 0.717) is 10.5 Å². The van der Waals surface area contributed by atoms with Crippen LogP contribution in [0.3, 0.4) is 0 Å². The fourth-order valence-corrected chi connectivity index (χ4v) is 4.82. The highest BCUT2D eigenvalue weighted by atomic mass is 79.9. The third-order valence-electron chi connectivity index (χ3n) is 3.21. The first-order chi connectivity index (χ1) is 9.58. The van der Waals surface area contributed by atoms with E-state index < -0.39 is 10.0 Å². The predicted octanol–water partition coefficient (Wildman–Crippen LogP) is 3.33. The summed E-state index contributed by atoms with van der Waals surface area (Å²) in [4.78, 5) is 5.82. The molecule has 4 nitrogen and oxygen atoms in total. The molecule has 1 N–H and O–H groups in total. The van der Waals surface area contributed by atoms with E-state index in [1.54, 1.807) is 24.3 Å². The number of anilines is 1. The molecule has 0 bridgehead atoms. The second-order valence-corrected chi connectivity index (χ2v) is 7.95. The van der Waals surface area contributed by atoms with Gasteiger partial charge in [0.05, 0.1) is 10.6 Å². The molecule has 0 amide bonds. The molecule has 0 spiro atoms. The highest BCUT2D eigenvalue weighted by Gasteiger charge is 2.20. The van der Waals surface area contributed by atoms with Gasteiger partial charge < -0.3 is 0 Å². The van der Waals surface area contributed by atoms with Crippen LogP contribution in [0.5, 0.6) is 0 Å². The van der Waals surface area contributed by atoms with Gasteiger partial charge in [-0.3, -0.25) is 4.72 Å². The minimum Gasteiger partial charge on any atom is -0.255 e. The number of fused-ring (bicyclic) bond motifs is 1. The number of nitrogens with one attached hydrogen (secondary N) is 1. The Hall–Kier alpha value is -0.920. The molecule has 0 aliphatic heterocycles. The van der Waals surface area contributed by atoms with Gasteiger partial charge in [0, 0.05) is 10.2 Å². The topological polar surface area (TPSA) is 59.1 Å². The molecule has 20 heavy (non-hydrogen) atoms. The quantitative estimate of drug-likeness (QED) is 0.837. The average molecular weight is 373 g/mol. The molecule has 3 rings (SSSR count). The van der Waals surface area contributed by atoms with Crippen LogP contribution in [0.2, 0.25) is 0 Å². The van der Waals surface area contributed by atoms with Crippen molar-refractivity contribution in [3.8, 4) is 0 Å². The van der Waals surface area contributed by atoms with E-state index in [1.807, 2.05) is 0 Å². The van der Waals surface area contributed by atoms with Gasteiger partial charge in [0.1, 0.15) is 0 Å². The number of halogens is 1. The molecule has 1 aliphatic carbocycles. The molecular formula is C13H13BrN2O2S2. The van der Waals surface area contributed by atoms with Crippen molar-refractivity contribution >= 4 is 42.4 Å². The zero-order valence-corrected chi connectivity index (χ0v) is 13.8. The van der Waals surface area contributed by atoms with Gasteiger partial charge >= 0.3 is 0 Å². The molecule has 1 heterocycles. The van der Waals surface area contributed by atoms with E-state index >= 15 is 0 Å². The van der Waals surface area contributed by atoms with Crippen molar-refractivity contribution in [2.75, 3.05) is 4.72 Å². The molecular weight excluding hydrogens is 360 g/mol. The summed E-state index contributed by atoms with van der Waals surface area (Å²) in [6, 6.07) is 6.82. The highest BCUT2D eigenvalue weighted by molar-refractivity contribution is 9.08. The van der Waals surface area contributed by atoms with E-state index in [-0.39, 0.29) is 4.90 Å². The largest absolute Gasteiger partial charge is 0.263 e. The monoisotopic (exact) mass is 372 g/mol. The maximum atomic E-state index is 12.3. The van der Waals surface area contributed by atoms with E-state index in [2.05, 4.69) is 25.6 Å². The maximum absolute atomic E-state index is 12.3. The number of aromatic nitrogens is 1. The normalized spacial score (nSPS) is 14.2. The molecule has 1 aromatic carbocycles. The van der Waals surface area contributed by atoms with Gasteiger partial charge in [-0.25, -0.2) is 13.4 Å². The molecule has 2 aromatic rings. The fraction of sp³-hybridized carbons (Fsp3) is 0.308. The van der Waals surface area contributed by atoms with Crippen molar-refractivity contribution in [2.24, 2.45) is 0 Å². The number of sulfonamides is 1. The van der Waals surface area contributed by atoms with Crippen LogP contribution in [0.15, 0.2) is 29.2 Å². The van der Waals surface area contributed by atoms with Crippen LogP contribution in [0.25, 0.3) is 0 Å². The Morgan fingerprint density at radius 2 is 2.00 bits per heavy atom. The zero-order valence-electron chi connectivity index (χ0n) is 10.6. The zero-order chi connectivity index (χ0) is 14.2. The van der Waals surface area contributed by atoms with E-state index in [0.717, 1.165) is 30.5 Å². The van der Waals surface area contributed by atoms with E-state index in [9.17, 15) is 8.42 Å². The number of rotatable bonds is 4. The van der Waals surface area contributed by atoms with Crippen LogP contribution >= 0.6 is 27.3 Å². The molecule has 0 saturated carbocycles. The van der Waals surface area contributed by atoms with E-state index in [4.69, 9.17) is 0 Å². The Bertz CT molecular complexity index is 702. The molecule has 0 unspecified atom stereocenters. The summed E-state index contributed by atoms with van der Waals surface area (Å²) in [5.74, 6) is 0. The molecule has 0 atom stereocenters. The van der Waals surface area contributed by atoms with Crippen molar-refractivity contribution in [2.45, 2.75) is 29.5 Å².